The van der Waals surface area contributed by atoms with Gasteiger partial charge in [0.15, 0.2) is 0 Å². The number of nitrogens with zero attached hydrogens (tertiary/aromatic N) is 2. The minimum Gasteiger partial charge on any atom is -0.338 e. The first-order valence-corrected chi connectivity index (χ1v) is 11.0. The SMILES string of the molecule is Cc1cccc(C(=O)N2CCCC(C(=O)Nc3ccccc3)C2)c1NC(=O)c1ccncc1. The maximum Gasteiger partial charge on any atom is 0.255 e. The molecule has 0 spiro atoms. The summed E-state index contributed by atoms with van der Waals surface area (Å²) in [5, 5.41) is 5.82. The third-order valence-corrected chi connectivity index (χ3v) is 5.80. The van der Waals surface area contributed by atoms with Gasteiger partial charge in [0.25, 0.3) is 11.8 Å². The fraction of sp³-hybridized carbons (Fsp3) is 0.231. The largest absolute Gasteiger partial charge is 0.338 e. The molecule has 4 rings (SSSR count). The summed E-state index contributed by atoms with van der Waals surface area (Å²) in [6.07, 6.45) is 4.56. The van der Waals surface area contributed by atoms with Crippen LogP contribution < -0.4 is 10.6 Å². The third-order valence-electron chi connectivity index (χ3n) is 5.80. The van der Waals surface area contributed by atoms with Crippen LogP contribution in [-0.2, 0) is 4.79 Å². The quantitative estimate of drug-likeness (QED) is 0.621. The highest BCUT2D eigenvalue weighted by atomic mass is 16.2. The number of amides is 3. The van der Waals surface area contributed by atoms with E-state index in [-0.39, 0.29) is 23.6 Å². The van der Waals surface area contributed by atoms with E-state index in [1.807, 2.05) is 43.3 Å². The lowest BCUT2D eigenvalue weighted by atomic mass is 9.95. The molecule has 0 bridgehead atoms. The zero-order chi connectivity index (χ0) is 23.2. The fourth-order valence-electron chi connectivity index (χ4n) is 4.01. The van der Waals surface area contributed by atoms with Gasteiger partial charge < -0.3 is 15.5 Å². The highest BCUT2D eigenvalue weighted by molar-refractivity contribution is 6.09. The number of hydrogen-bond acceptors (Lipinski definition) is 4. The molecule has 1 aliphatic rings. The summed E-state index contributed by atoms with van der Waals surface area (Å²) in [6.45, 7) is 2.76. The van der Waals surface area contributed by atoms with Crippen molar-refractivity contribution in [2.45, 2.75) is 19.8 Å². The van der Waals surface area contributed by atoms with E-state index >= 15 is 0 Å². The molecule has 0 aliphatic carbocycles. The second-order valence-electron chi connectivity index (χ2n) is 8.13. The lowest BCUT2D eigenvalue weighted by Gasteiger charge is -2.32. The van der Waals surface area contributed by atoms with Crippen LogP contribution >= 0.6 is 0 Å². The molecule has 1 atom stereocenters. The first-order valence-electron chi connectivity index (χ1n) is 11.0. The molecule has 2 heterocycles. The predicted molar refractivity (Wildman–Crippen MR) is 127 cm³/mol. The van der Waals surface area contributed by atoms with Crippen LogP contribution in [0.3, 0.4) is 0 Å². The molecule has 3 aromatic rings. The second-order valence-corrected chi connectivity index (χ2v) is 8.13. The van der Waals surface area contributed by atoms with Crippen LogP contribution in [0.25, 0.3) is 0 Å². The van der Waals surface area contributed by atoms with E-state index in [0.29, 0.717) is 29.9 Å². The Kier molecular flexibility index (Phi) is 6.78. The fourth-order valence-corrected chi connectivity index (χ4v) is 4.01. The Balaban J connectivity index is 1.50. The molecule has 2 N–H and O–H groups in total. The molecular formula is C26H26N4O3. The molecular weight excluding hydrogens is 416 g/mol. The smallest absolute Gasteiger partial charge is 0.255 e. The molecule has 0 radical (unpaired) electrons. The summed E-state index contributed by atoms with van der Waals surface area (Å²) in [4.78, 5) is 44.6. The minimum absolute atomic E-state index is 0.0887. The molecule has 1 saturated heterocycles. The Morgan fingerprint density at radius 2 is 1.70 bits per heavy atom. The first kappa shape index (κ1) is 22.2. The second kappa shape index (κ2) is 10.1. The molecule has 2 aromatic carbocycles. The van der Waals surface area contributed by atoms with Gasteiger partial charge in [-0.1, -0.05) is 30.3 Å². The number of anilines is 2. The lowest BCUT2D eigenvalue weighted by molar-refractivity contribution is -0.121. The van der Waals surface area contributed by atoms with Gasteiger partial charge in [-0.3, -0.25) is 19.4 Å². The Morgan fingerprint density at radius 1 is 0.939 bits per heavy atom. The van der Waals surface area contributed by atoms with Crippen LogP contribution in [-0.4, -0.2) is 40.7 Å². The van der Waals surface area contributed by atoms with Crippen LogP contribution in [0.5, 0.6) is 0 Å². The standard InChI is InChI=1S/C26H26N4O3/c1-18-7-5-11-22(23(18)29-24(31)19-12-14-27-15-13-19)26(33)30-16-6-8-20(17-30)25(32)28-21-9-3-2-4-10-21/h2-5,7,9-15,20H,6,8,16-17H2,1H3,(H,28,32)(H,29,31). The number of likely N-dealkylation sites (tertiary alicyclic amines) is 1. The van der Waals surface area contributed by atoms with Crippen molar-refractivity contribution in [3.8, 4) is 0 Å². The van der Waals surface area contributed by atoms with Crippen molar-refractivity contribution in [3.63, 3.8) is 0 Å². The number of nitrogens with one attached hydrogen (secondary N) is 2. The van der Waals surface area contributed by atoms with Gasteiger partial charge >= 0.3 is 0 Å². The Hall–Kier alpha value is -4.00. The van der Waals surface area contributed by atoms with E-state index < -0.39 is 0 Å². The van der Waals surface area contributed by atoms with Crippen LogP contribution in [0.4, 0.5) is 11.4 Å². The molecule has 7 heteroatoms. The molecule has 1 unspecified atom stereocenters. The highest BCUT2D eigenvalue weighted by Crippen LogP contribution is 2.26. The Labute approximate surface area is 192 Å². The normalized spacial score (nSPS) is 15.5. The number of para-hydroxylation sites is 2. The maximum atomic E-state index is 13.5. The van der Waals surface area contributed by atoms with E-state index in [4.69, 9.17) is 0 Å². The molecule has 33 heavy (non-hydrogen) atoms. The maximum absolute atomic E-state index is 13.5. The predicted octanol–water partition coefficient (Wildman–Crippen LogP) is 4.13. The van der Waals surface area contributed by atoms with Gasteiger partial charge in [-0.05, 0) is 55.7 Å². The van der Waals surface area contributed by atoms with Gasteiger partial charge in [0.2, 0.25) is 5.91 Å². The summed E-state index contributed by atoms with van der Waals surface area (Å²) in [5.41, 5.74) is 2.90. The van der Waals surface area contributed by atoms with Gasteiger partial charge in [0, 0.05) is 36.7 Å². The lowest BCUT2D eigenvalue weighted by Crippen LogP contribution is -2.44. The molecule has 3 amide bonds. The summed E-state index contributed by atoms with van der Waals surface area (Å²) < 4.78 is 0. The van der Waals surface area contributed by atoms with E-state index in [9.17, 15) is 14.4 Å². The Morgan fingerprint density at radius 3 is 2.45 bits per heavy atom. The topological polar surface area (TPSA) is 91.4 Å². The number of aromatic nitrogens is 1. The third kappa shape index (κ3) is 5.26. The van der Waals surface area contributed by atoms with Gasteiger partial charge in [-0.2, -0.15) is 0 Å². The molecule has 1 fully saturated rings. The highest BCUT2D eigenvalue weighted by Gasteiger charge is 2.30. The van der Waals surface area contributed by atoms with Gasteiger partial charge in [0.1, 0.15) is 0 Å². The van der Waals surface area contributed by atoms with E-state index in [0.717, 1.165) is 24.1 Å². The molecule has 1 aliphatic heterocycles. The van der Waals surface area contributed by atoms with Crippen molar-refractivity contribution in [3.05, 3.63) is 89.7 Å². The number of benzene rings is 2. The van der Waals surface area contributed by atoms with E-state index in [1.54, 1.807) is 41.6 Å². The summed E-state index contributed by atoms with van der Waals surface area (Å²) in [7, 11) is 0. The zero-order valence-electron chi connectivity index (χ0n) is 18.5. The molecule has 7 nitrogen and oxygen atoms in total. The molecule has 168 valence electrons. The number of carbonyl (C=O) groups is 3. The number of carbonyl (C=O) groups excluding carboxylic acids is 3. The van der Waals surface area contributed by atoms with E-state index in [2.05, 4.69) is 15.6 Å². The summed E-state index contributed by atoms with van der Waals surface area (Å²) in [6, 6.07) is 17.9. The zero-order valence-corrected chi connectivity index (χ0v) is 18.5. The van der Waals surface area contributed by atoms with Crippen molar-refractivity contribution in [1.29, 1.82) is 0 Å². The van der Waals surface area contributed by atoms with Crippen LogP contribution in [0.1, 0.15) is 39.1 Å². The Bertz CT molecular complexity index is 1150. The number of pyridine rings is 1. The average Bonchev–Trinajstić information content (AvgIpc) is 2.86. The first-order chi connectivity index (χ1) is 16.0. The van der Waals surface area contributed by atoms with Gasteiger partial charge in [-0.15, -0.1) is 0 Å². The van der Waals surface area contributed by atoms with Crippen molar-refractivity contribution < 1.29 is 14.4 Å². The van der Waals surface area contributed by atoms with Gasteiger partial charge in [-0.25, -0.2) is 0 Å². The van der Waals surface area contributed by atoms with Crippen molar-refractivity contribution in [2.75, 3.05) is 23.7 Å². The number of hydrogen-bond donors (Lipinski definition) is 2. The number of piperidine rings is 1. The summed E-state index contributed by atoms with van der Waals surface area (Å²) >= 11 is 0. The monoisotopic (exact) mass is 442 g/mol. The van der Waals surface area contributed by atoms with Crippen LogP contribution in [0.15, 0.2) is 73.1 Å². The average molecular weight is 443 g/mol. The van der Waals surface area contributed by atoms with Crippen molar-refractivity contribution in [2.24, 2.45) is 5.92 Å². The van der Waals surface area contributed by atoms with Crippen LogP contribution in [0.2, 0.25) is 0 Å². The van der Waals surface area contributed by atoms with Crippen molar-refractivity contribution in [1.82, 2.24) is 9.88 Å². The molecule has 0 saturated carbocycles. The van der Waals surface area contributed by atoms with Crippen LogP contribution in [0, 0.1) is 12.8 Å². The molecule has 1 aromatic heterocycles. The minimum atomic E-state index is -0.306. The van der Waals surface area contributed by atoms with Gasteiger partial charge in [0.05, 0.1) is 17.2 Å². The number of aryl methyl sites for hydroxylation is 1. The number of rotatable bonds is 5. The van der Waals surface area contributed by atoms with E-state index in [1.165, 1.54) is 0 Å². The van der Waals surface area contributed by atoms with Crippen molar-refractivity contribution >= 4 is 29.1 Å². The summed E-state index contributed by atoms with van der Waals surface area (Å²) in [5.74, 6) is -0.878.